The SMILES string of the molecule is CC(C)CNCc1ccc(S(F)(F)(F)(F)F)cc1. The van der Waals surface area contributed by atoms with Gasteiger partial charge in [0, 0.05) is 6.54 Å². The Labute approximate surface area is 103 Å². The molecule has 106 valence electrons. The van der Waals surface area contributed by atoms with Crippen molar-refractivity contribution >= 4 is 10.2 Å². The maximum atomic E-state index is 12.4. The van der Waals surface area contributed by atoms with Gasteiger partial charge in [-0.3, -0.25) is 0 Å². The van der Waals surface area contributed by atoms with Gasteiger partial charge in [-0.1, -0.05) is 45.4 Å². The predicted octanol–water partition coefficient (Wildman–Crippen LogP) is 5.09. The van der Waals surface area contributed by atoms with Crippen molar-refractivity contribution < 1.29 is 19.4 Å². The number of nitrogens with one attached hydrogen (secondary N) is 1. The summed E-state index contributed by atoms with van der Waals surface area (Å²) in [4.78, 5) is -1.84. The first-order valence-corrected chi connectivity index (χ1v) is 7.37. The van der Waals surface area contributed by atoms with E-state index in [0.717, 1.165) is 12.1 Å². The minimum Gasteiger partial charge on any atom is -0.312 e. The van der Waals surface area contributed by atoms with Crippen molar-refractivity contribution in [1.82, 2.24) is 5.32 Å². The normalized spacial score (nSPS) is 16.4. The van der Waals surface area contributed by atoms with Crippen molar-refractivity contribution in [2.75, 3.05) is 6.54 Å². The fourth-order valence-corrected chi connectivity index (χ4v) is 2.02. The summed E-state index contributed by atoms with van der Waals surface area (Å²) < 4.78 is 62.1. The van der Waals surface area contributed by atoms with Crippen LogP contribution in [0.3, 0.4) is 0 Å². The molecule has 18 heavy (non-hydrogen) atoms. The number of halogens is 5. The van der Waals surface area contributed by atoms with Crippen LogP contribution < -0.4 is 5.32 Å². The second-order valence-corrected chi connectivity index (χ2v) is 7.05. The summed E-state index contributed by atoms with van der Waals surface area (Å²) in [6.07, 6.45) is 0. The minimum atomic E-state index is -9.53. The summed E-state index contributed by atoms with van der Waals surface area (Å²) >= 11 is 0. The van der Waals surface area contributed by atoms with E-state index in [1.807, 2.05) is 13.8 Å². The van der Waals surface area contributed by atoms with Crippen LogP contribution in [0.25, 0.3) is 0 Å². The fourth-order valence-electron chi connectivity index (χ4n) is 1.37. The Morgan fingerprint density at radius 1 is 1.00 bits per heavy atom. The monoisotopic (exact) mass is 289 g/mol. The molecule has 0 spiro atoms. The quantitative estimate of drug-likeness (QED) is 0.744. The highest BCUT2D eigenvalue weighted by atomic mass is 32.5. The highest BCUT2D eigenvalue weighted by Gasteiger charge is 2.65. The molecule has 1 aromatic rings. The second-order valence-electron chi connectivity index (χ2n) is 4.64. The van der Waals surface area contributed by atoms with Crippen LogP contribution in [0.4, 0.5) is 19.4 Å². The molecular formula is C11H16F5NS. The summed E-state index contributed by atoms with van der Waals surface area (Å²) in [6, 6.07) is 3.02. The molecule has 0 aliphatic heterocycles. The molecule has 1 nitrogen and oxygen atoms in total. The van der Waals surface area contributed by atoms with Crippen molar-refractivity contribution in [1.29, 1.82) is 0 Å². The van der Waals surface area contributed by atoms with Gasteiger partial charge in [-0.2, -0.15) is 0 Å². The van der Waals surface area contributed by atoms with Crippen molar-refractivity contribution in [2.24, 2.45) is 5.92 Å². The third kappa shape index (κ3) is 4.81. The molecule has 0 aromatic heterocycles. The van der Waals surface area contributed by atoms with E-state index in [9.17, 15) is 19.4 Å². The molecule has 1 rings (SSSR count). The fraction of sp³-hybridized carbons (Fsp3) is 0.455. The van der Waals surface area contributed by atoms with Gasteiger partial charge in [-0.05, 0) is 30.2 Å². The van der Waals surface area contributed by atoms with Crippen molar-refractivity contribution in [2.45, 2.75) is 25.3 Å². The van der Waals surface area contributed by atoms with Gasteiger partial charge in [-0.25, -0.2) is 0 Å². The van der Waals surface area contributed by atoms with Crippen LogP contribution in [0.5, 0.6) is 0 Å². The Hall–Kier alpha value is -0.820. The van der Waals surface area contributed by atoms with Gasteiger partial charge in [0.2, 0.25) is 0 Å². The Balaban J connectivity index is 2.76. The van der Waals surface area contributed by atoms with E-state index in [1.54, 1.807) is 0 Å². The molecule has 1 N–H and O–H groups in total. The third-order valence-corrected chi connectivity index (χ3v) is 3.41. The third-order valence-electron chi connectivity index (χ3n) is 2.25. The van der Waals surface area contributed by atoms with Gasteiger partial charge in [0.05, 0.1) is 0 Å². The second kappa shape index (κ2) is 4.09. The number of benzene rings is 1. The Bertz CT molecular complexity index is 408. The Morgan fingerprint density at radius 3 is 1.89 bits per heavy atom. The molecule has 7 heteroatoms. The van der Waals surface area contributed by atoms with E-state index in [1.165, 1.54) is 0 Å². The van der Waals surface area contributed by atoms with Crippen LogP contribution in [-0.2, 0) is 6.54 Å². The van der Waals surface area contributed by atoms with Gasteiger partial charge in [0.25, 0.3) is 0 Å². The summed E-state index contributed by atoms with van der Waals surface area (Å²) in [7, 11) is -9.53. The molecule has 0 fully saturated rings. The van der Waals surface area contributed by atoms with E-state index in [0.29, 0.717) is 36.7 Å². The summed E-state index contributed by atoms with van der Waals surface area (Å²) in [5, 5.41) is 3.02. The van der Waals surface area contributed by atoms with E-state index in [4.69, 9.17) is 0 Å². The lowest BCUT2D eigenvalue weighted by molar-refractivity contribution is 0.364. The molecule has 0 saturated heterocycles. The van der Waals surface area contributed by atoms with Crippen LogP contribution in [0, 0.1) is 5.92 Å². The summed E-state index contributed by atoms with van der Waals surface area (Å²) in [5.41, 5.74) is 0.543. The number of hydrogen-bond acceptors (Lipinski definition) is 1. The van der Waals surface area contributed by atoms with E-state index in [2.05, 4.69) is 5.32 Å². The molecule has 1 aromatic carbocycles. The lowest BCUT2D eigenvalue weighted by atomic mass is 10.2. The van der Waals surface area contributed by atoms with Crippen LogP contribution >= 0.6 is 10.2 Å². The highest BCUT2D eigenvalue weighted by Crippen LogP contribution is 3.02. The highest BCUT2D eigenvalue weighted by molar-refractivity contribution is 8.45. The molecular weight excluding hydrogens is 273 g/mol. The van der Waals surface area contributed by atoms with E-state index >= 15 is 0 Å². The zero-order valence-electron chi connectivity index (χ0n) is 10.1. The molecule has 0 heterocycles. The molecule has 0 aliphatic carbocycles. The zero-order valence-corrected chi connectivity index (χ0v) is 10.9. The maximum Gasteiger partial charge on any atom is 0.310 e. The first-order chi connectivity index (χ1) is 7.88. The number of rotatable bonds is 5. The first-order valence-electron chi connectivity index (χ1n) is 5.42. The first kappa shape index (κ1) is 15.2. The average molecular weight is 289 g/mol. The minimum absolute atomic E-state index is 0.360. The summed E-state index contributed by atoms with van der Waals surface area (Å²) in [5.74, 6) is 0.411. The largest absolute Gasteiger partial charge is 0.312 e. The maximum absolute atomic E-state index is 12.4. The smallest absolute Gasteiger partial charge is 0.310 e. The van der Waals surface area contributed by atoms with E-state index in [-0.39, 0.29) is 0 Å². The lowest BCUT2D eigenvalue weighted by Crippen LogP contribution is -2.19. The van der Waals surface area contributed by atoms with Gasteiger partial charge >= 0.3 is 10.2 Å². The van der Waals surface area contributed by atoms with Crippen molar-refractivity contribution in [3.8, 4) is 0 Å². The van der Waals surface area contributed by atoms with Crippen molar-refractivity contribution in [3.63, 3.8) is 0 Å². The van der Waals surface area contributed by atoms with E-state index < -0.39 is 15.1 Å². The average Bonchev–Trinajstić information content (AvgIpc) is 2.14. The number of hydrogen-bond donors (Lipinski definition) is 1. The topological polar surface area (TPSA) is 12.0 Å². The summed E-state index contributed by atoms with van der Waals surface area (Å²) in [6.45, 7) is 5.05. The van der Waals surface area contributed by atoms with Gasteiger partial charge in [0.15, 0.2) is 0 Å². The molecule has 0 saturated carbocycles. The lowest BCUT2D eigenvalue weighted by Gasteiger charge is -2.40. The van der Waals surface area contributed by atoms with Crippen molar-refractivity contribution in [3.05, 3.63) is 29.8 Å². The van der Waals surface area contributed by atoms with Crippen LogP contribution in [0.15, 0.2) is 29.2 Å². The van der Waals surface area contributed by atoms with Gasteiger partial charge in [0.1, 0.15) is 4.90 Å². The molecule has 0 unspecified atom stereocenters. The Morgan fingerprint density at radius 2 is 1.50 bits per heavy atom. The standard InChI is InChI=1S/C11H16F5NS/c1-9(2)7-17-8-10-3-5-11(6-4-10)18(12,13,14,15)16/h3-6,9,17H,7-8H2,1-2H3. The Kier molecular flexibility index (Phi) is 3.47. The molecule has 0 aliphatic rings. The molecule has 0 atom stereocenters. The molecule has 0 amide bonds. The van der Waals surface area contributed by atoms with Crippen LogP contribution in [0.1, 0.15) is 19.4 Å². The predicted molar refractivity (Wildman–Crippen MR) is 64.4 cm³/mol. The van der Waals surface area contributed by atoms with Crippen LogP contribution in [-0.4, -0.2) is 6.54 Å². The molecule has 0 bridgehead atoms. The van der Waals surface area contributed by atoms with Crippen LogP contribution in [0.2, 0.25) is 0 Å². The zero-order chi connectivity index (χ0) is 14.1. The molecule has 0 radical (unpaired) electrons. The van der Waals surface area contributed by atoms with Gasteiger partial charge < -0.3 is 5.32 Å². The van der Waals surface area contributed by atoms with Gasteiger partial charge in [-0.15, -0.1) is 0 Å².